The third-order valence-corrected chi connectivity index (χ3v) is 5.27. The maximum atomic E-state index is 11.5. The second-order valence-corrected chi connectivity index (χ2v) is 7.33. The zero-order chi connectivity index (χ0) is 21.6. The number of rotatable bonds is 9. The van der Waals surface area contributed by atoms with Crippen LogP contribution in [-0.4, -0.2) is 34.3 Å². The molecule has 0 amide bonds. The molecule has 2 heterocycles. The van der Waals surface area contributed by atoms with Crippen molar-refractivity contribution < 1.29 is 14.6 Å². The minimum Gasteiger partial charge on any atom is -0.493 e. The SMILES string of the molecule is CNc1cccc(CCOc2ccc3c(ccn3C(CC(=O)O)c3ccccc3)c2)n1. The first-order valence-electron chi connectivity index (χ1n) is 10.3. The van der Waals surface area contributed by atoms with E-state index >= 15 is 0 Å². The summed E-state index contributed by atoms with van der Waals surface area (Å²) in [5, 5.41) is 13.5. The van der Waals surface area contributed by atoms with Crippen LogP contribution in [0.3, 0.4) is 0 Å². The number of anilines is 1. The minimum atomic E-state index is -0.827. The molecule has 4 rings (SSSR count). The van der Waals surface area contributed by atoms with Gasteiger partial charge in [-0.1, -0.05) is 36.4 Å². The maximum absolute atomic E-state index is 11.5. The van der Waals surface area contributed by atoms with Gasteiger partial charge in [-0.05, 0) is 42.0 Å². The van der Waals surface area contributed by atoms with Crippen molar-refractivity contribution in [3.05, 3.63) is 90.3 Å². The van der Waals surface area contributed by atoms with E-state index in [1.807, 2.05) is 90.6 Å². The fourth-order valence-electron chi connectivity index (χ4n) is 3.75. The molecule has 2 N–H and O–H groups in total. The molecule has 6 nitrogen and oxygen atoms in total. The third-order valence-electron chi connectivity index (χ3n) is 5.27. The first-order chi connectivity index (χ1) is 15.1. The van der Waals surface area contributed by atoms with Crippen molar-refractivity contribution >= 4 is 22.7 Å². The summed E-state index contributed by atoms with van der Waals surface area (Å²) >= 11 is 0. The van der Waals surface area contributed by atoms with Crippen LogP contribution in [0.5, 0.6) is 5.75 Å². The van der Waals surface area contributed by atoms with Crippen molar-refractivity contribution in [1.29, 1.82) is 0 Å². The molecule has 0 fully saturated rings. The van der Waals surface area contributed by atoms with Crippen molar-refractivity contribution in [1.82, 2.24) is 9.55 Å². The van der Waals surface area contributed by atoms with E-state index in [2.05, 4.69) is 10.3 Å². The molecule has 0 saturated heterocycles. The van der Waals surface area contributed by atoms with E-state index in [1.54, 1.807) is 0 Å². The van der Waals surface area contributed by atoms with Gasteiger partial charge in [0.05, 0.1) is 19.1 Å². The number of benzene rings is 2. The summed E-state index contributed by atoms with van der Waals surface area (Å²) < 4.78 is 7.97. The molecule has 0 aliphatic heterocycles. The highest BCUT2D eigenvalue weighted by Gasteiger charge is 2.19. The van der Waals surface area contributed by atoms with E-state index < -0.39 is 5.97 Å². The number of carboxylic acid groups (broad SMARTS) is 1. The van der Waals surface area contributed by atoms with Crippen LogP contribution in [0.25, 0.3) is 10.9 Å². The van der Waals surface area contributed by atoms with Gasteiger partial charge in [-0.2, -0.15) is 0 Å². The van der Waals surface area contributed by atoms with Crippen molar-refractivity contribution in [3.63, 3.8) is 0 Å². The van der Waals surface area contributed by atoms with E-state index in [4.69, 9.17) is 4.74 Å². The average Bonchev–Trinajstić information content (AvgIpc) is 3.21. The molecule has 1 atom stereocenters. The molecule has 1 unspecified atom stereocenters. The Balaban J connectivity index is 1.51. The summed E-state index contributed by atoms with van der Waals surface area (Å²) in [6.07, 6.45) is 2.68. The zero-order valence-electron chi connectivity index (χ0n) is 17.4. The summed E-state index contributed by atoms with van der Waals surface area (Å²) in [5.41, 5.74) is 2.92. The highest BCUT2D eigenvalue weighted by molar-refractivity contribution is 5.82. The number of aliphatic carboxylic acids is 1. The summed E-state index contributed by atoms with van der Waals surface area (Å²) in [4.78, 5) is 16.0. The fourth-order valence-corrected chi connectivity index (χ4v) is 3.75. The molecule has 2 aromatic carbocycles. The Hall–Kier alpha value is -3.80. The Kier molecular flexibility index (Phi) is 6.17. The van der Waals surface area contributed by atoms with Gasteiger partial charge in [0.15, 0.2) is 0 Å². The molecule has 4 aromatic rings. The zero-order valence-corrected chi connectivity index (χ0v) is 17.4. The van der Waals surface area contributed by atoms with Crippen LogP contribution in [0.4, 0.5) is 5.82 Å². The van der Waals surface area contributed by atoms with Crippen LogP contribution in [0, 0.1) is 0 Å². The van der Waals surface area contributed by atoms with Gasteiger partial charge in [-0.15, -0.1) is 0 Å². The first kappa shape index (κ1) is 20.5. The second kappa shape index (κ2) is 9.34. The van der Waals surface area contributed by atoms with Crippen LogP contribution in [0.2, 0.25) is 0 Å². The number of carboxylic acids is 1. The maximum Gasteiger partial charge on any atom is 0.305 e. The van der Waals surface area contributed by atoms with E-state index in [9.17, 15) is 9.90 Å². The lowest BCUT2D eigenvalue weighted by Crippen LogP contribution is -2.14. The van der Waals surface area contributed by atoms with Gasteiger partial charge in [-0.3, -0.25) is 4.79 Å². The van der Waals surface area contributed by atoms with Crippen LogP contribution < -0.4 is 10.1 Å². The van der Waals surface area contributed by atoms with Crippen LogP contribution in [0.15, 0.2) is 79.0 Å². The number of hydrogen-bond acceptors (Lipinski definition) is 4. The molecule has 2 aromatic heterocycles. The quantitative estimate of drug-likeness (QED) is 0.412. The molecule has 0 saturated carbocycles. The highest BCUT2D eigenvalue weighted by atomic mass is 16.5. The van der Waals surface area contributed by atoms with Crippen molar-refractivity contribution in [2.45, 2.75) is 18.9 Å². The lowest BCUT2D eigenvalue weighted by molar-refractivity contribution is -0.137. The molecule has 31 heavy (non-hydrogen) atoms. The monoisotopic (exact) mass is 415 g/mol. The van der Waals surface area contributed by atoms with Crippen molar-refractivity contribution in [3.8, 4) is 5.75 Å². The average molecular weight is 415 g/mol. The summed E-state index contributed by atoms with van der Waals surface area (Å²) in [6, 6.07) is 23.3. The molecule has 0 spiro atoms. The largest absolute Gasteiger partial charge is 0.493 e. The van der Waals surface area contributed by atoms with E-state index in [0.717, 1.165) is 33.7 Å². The Labute approximate surface area is 181 Å². The topological polar surface area (TPSA) is 76.4 Å². The molecular weight excluding hydrogens is 390 g/mol. The third kappa shape index (κ3) is 4.86. The molecule has 0 bridgehead atoms. The normalized spacial score (nSPS) is 11.9. The number of fused-ring (bicyclic) bond motifs is 1. The highest BCUT2D eigenvalue weighted by Crippen LogP contribution is 2.30. The predicted molar refractivity (Wildman–Crippen MR) is 122 cm³/mol. The molecule has 6 heteroatoms. The fraction of sp³-hybridized carbons (Fsp3) is 0.200. The van der Waals surface area contributed by atoms with Gasteiger partial charge in [-0.25, -0.2) is 4.98 Å². The Bertz CT molecular complexity index is 1170. The summed E-state index contributed by atoms with van der Waals surface area (Å²) in [7, 11) is 1.85. The van der Waals surface area contributed by atoms with Crippen molar-refractivity contribution in [2.24, 2.45) is 0 Å². The first-order valence-corrected chi connectivity index (χ1v) is 10.3. The van der Waals surface area contributed by atoms with Crippen LogP contribution >= 0.6 is 0 Å². The molecule has 158 valence electrons. The number of nitrogens with one attached hydrogen (secondary N) is 1. The van der Waals surface area contributed by atoms with E-state index in [1.165, 1.54) is 0 Å². The van der Waals surface area contributed by atoms with E-state index in [0.29, 0.717) is 13.0 Å². The van der Waals surface area contributed by atoms with Gasteiger partial charge in [0.25, 0.3) is 0 Å². The Morgan fingerprint density at radius 1 is 1.10 bits per heavy atom. The number of hydrogen-bond donors (Lipinski definition) is 2. The standard InChI is InChI=1S/C25H25N3O3/c1-26-24-9-5-8-20(27-24)13-15-31-21-10-11-22-19(16-21)12-14-28(22)23(17-25(29)30)18-6-3-2-4-7-18/h2-12,14,16,23H,13,15,17H2,1H3,(H,26,27)(H,29,30). The Morgan fingerprint density at radius 3 is 2.71 bits per heavy atom. The lowest BCUT2D eigenvalue weighted by atomic mass is 10.0. The number of pyridine rings is 1. The molecule has 0 aliphatic carbocycles. The van der Waals surface area contributed by atoms with Gasteiger partial charge < -0.3 is 19.7 Å². The molecular formula is C25H25N3O3. The number of ether oxygens (including phenoxy) is 1. The number of aromatic nitrogens is 2. The second-order valence-electron chi connectivity index (χ2n) is 7.33. The van der Waals surface area contributed by atoms with Crippen LogP contribution in [-0.2, 0) is 11.2 Å². The van der Waals surface area contributed by atoms with Gasteiger partial charge in [0.2, 0.25) is 0 Å². The Morgan fingerprint density at radius 2 is 1.94 bits per heavy atom. The summed E-state index contributed by atoms with van der Waals surface area (Å²) in [5.74, 6) is 0.797. The number of carbonyl (C=O) groups is 1. The van der Waals surface area contributed by atoms with Gasteiger partial charge >= 0.3 is 5.97 Å². The van der Waals surface area contributed by atoms with Gasteiger partial charge in [0.1, 0.15) is 11.6 Å². The predicted octanol–water partition coefficient (Wildman–Crippen LogP) is 4.76. The minimum absolute atomic E-state index is 0.0186. The molecule has 0 radical (unpaired) electrons. The smallest absolute Gasteiger partial charge is 0.305 e. The lowest BCUT2D eigenvalue weighted by Gasteiger charge is -2.19. The summed E-state index contributed by atoms with van der Waals surface area (Å²) in [6.45, 7) is 0.526. The van der Waals surface area contributed by atoms with Gasteiger partial charge in [0, 0.05) is 36.3 Å². The van der Waals surface area contributed by atoms with Crippen LogP contribution in [0.1, 0.15) is 23.7 Å². The molecule has 0 aliphatic rings. The van der Waals surface area contributed by atoms with Crippen molar-refractivity contribution in [2.75, 3.05) is 19.0 Å². The van der Waals surface area contributed by atoms with E-state index in [-0.39, 0.29) is 12.5 Å². The number of nitrogens with zero attached hydrogens (tertiary/aromatic N) is 2.